The molecule has 6 nitrogen and oxygen atoms in total. The van der Waals surface area contributed by atoms with Crippen LogP contribution < -0.4 is 10.2 Å². The standard InChI is InChI=1S/C17H15F3N6/c18-17(19,20)14-10-26(8-7-23-14)16-12-3-6-22-9-13(12)24-15(25-16)11-1-4-21-5-2-11/h1-6,9,14,23H,7-8,10H2. The van der Waals surface area contributed by atoms with Crippen LogP contribution in [-0.2, 0) is 0 Å². The Morgan fingerprint density at radius 3 is 2.58 bits per heavy atom. The molecule has 0 amide bonds. The summed E-state index contributed by atoms with van der Waals surface area (Å²) in [5.74, 6) is 0.921. The number of piperazine rings is 1. The maximum atomic E-state index is 13.1. The van der Waals surface area contributed by atoms with Gasteiger partial charge >= 0.3 is 6.18 Å². The molecule has 0 bridgehead atoms. The molecule has 1 atom stereocenters. The van der Waals surface area contributed by atoms with Gasteiger partial charge in [0.05, 0.1) is 11.7 Å². The average molecular weight is 360 g/mol. The van der Waals surface area contributed by atoms with Crippen molar-refractivity contribution in [3.05, 3.63) is 43.0 Å². The van der Waals surface area contributed by atoms with Gasteiger partial charge in [0.25, 0.3) is 0 Å². The first-order chi connectivity index (χ1) is 12.5. The number of alkyl halides is 3. The maximum absolute atomic E-state index is 13.1. The Morgan fingerprint density at radius 1 is 1.04 bits per heavy atom. The maximum Gasteiger partial charge on any atom is 0.405 e. The quantitative estimate of drug-likeness (QED) is 0.757. The molecule has 1 aliphatic heterocycles. The Labute approximate surface area is 147 Å². The van der Waals surface area contributed by atoms with Crippen molar-refractivity contribution >= 4 is 16.7 Å². The Hall–Kier alpha value is -2.81. The zero-order valence-electron chi connectivity index (χ0n) is 13.6. The molecule has 4 heterocycles. The van der Waals surface area contributed by atoms with Gasteiger partial charge in [0, 0.05) is 49.2 Å². The van der Waals surface area contributed by atoms with Crippen LogP contribution in [0.1, 0.15) is 0 Å². The number of hydrogen-bond acceptors (Lipinski definition) is 6. The molecule has 26 heavy (non-hydrogen) atoms. The van der Waals surface area contributed by atoms with Crippen molar-refractivity contribution in [1.82, 2.24) is 25.3 Å². The van der Waals surface area contributed by atoms with Crippen molar-refractivity contribution in [3.63, 3.8) is 0 Å². The first-order valence-electron chi connectivity index (χ1n) is 8.09. The second kappa shape index (κ2) is 6.49. The summed E-state index contributed by atoms with van der Waals surface area (Å²) < 4.78 is 39.4. The van der Waals surface area contributed by atoms with E-state index in [0.717, 1.165) is 5.56 Å². The van der Waals surface area contributed by atoms with Crippen LogP contribution in [0.25, 0.3) is 22.3 Å². The lowest BCUT2D eigenvalue weighted by molar-refractivity contribution is -0.155. The smallest absolute Gasteiger partial charge is 0.353 e. The minimum atomic E-state index is -4.31. The van der Waals surface area contributed by atoms with E-state index in [4.69, 9.17) is 0 Å². The lowest BCUT2D eigenvalue weighted by Crippen LogP contribution is -2.57. The molecule has 4 rings (SSSR count). The number of pyridine rings is 2. The molecule has 1 unspecified atom stereocenters. The molecule has 0 aliphatic carbocycles. The van der Waals surface area contributed by atoms with Gasteiger partial charge < -0.3 is 10.2 Å². The fraction of sp³-hybridized carbons (Fsp3) is 0.294. The van der Waals surface area contributed by atoms with Gasteiger partial charge in [-0.15, -0.1) is 0 Å². The molecule has 0 spiro atoms. The fourth-order valence-electron chi connectivity index (χ4n) is 3.00. The van der Waals surface area contributed by atoms with Crippen molar-refractivity contribution in [1.29, 1.82) is 0 Å². The second-order valence-corrected chi connectivity index (χ2v) is 5.99. The number of nitrogens with zero attached hydrogens (tertiary/aromatic N) is 5. The van der Waals surface area contributed by atoms with Crippen molar-refractivity contribution in [3.8, 4) is 11.4 Å². The van der Waals surface area contributed by atoms with Gasteiger partial charge in [0.2, 0.25) is 0 Å². The molecular formula is C17H15F3N6. The summed E-state index contributed by atoms with van der Waals surface area (Å²) in [5.41, 5.74) is 1.33. The first-order valence-corrected chi connectivity index (χ1v) is 8.09. The highest BCUT2D eigenvalue weighted by Gasteiger charge is 2.42. The molecule has 0 aromatic carbocycles. The van der Waals surface area contributed by atoms with Crippen LogP contribution in [0.4, 0.5) is 19.0 Å². The van der Waals surface area contributed by atoms with Gasteiger partial charge in [0.15, 0.2) is 5.82 Å². The van der Waals surface area contributed by atoms with Gasteiger partial charge in [-0.2, -0.15) is 13.2 Å². The second-order valence-electron chi connectivity index (χ2n) is 5.99. The van der Waals surface area contributed by atoms with E-state index in [1.165, 1.54) is 0 Å². The van der Waals surface area contributed by atoms with E-state index in [9.17, 15) is 13.2 Å². The molecule has 134 valence electrons. The summed E-state index contributed by atoms with van der Waals surface area (Å²) in [6, 6.07) is 3.66. The number of anilines is 1. The monoisotopic (exact) mass is 360 g/mol. The van der Waals surface area contributed by atoms with E-state index >= 15 is 0 Å². The lowest BCUT2D eigenvalue weighted by Gasteiger charge is -2.35. The summed E-state index contributed by atoms with van der Waals surface area (Å²) in [7, 11) is 0. The number of fused-ring (bicyclic) bond motifs is 1. The molecule has 1 fully saturated rings. The van der Waals surface area contributed by atoms with E-state index in [-0.39, 0.29) is 13.1 Å². The number of hydrogen-bond donors (Lipinski definition) is 1. The Kier molecular flexibility index (Phi) is 4.15. The van der Waals surface area contributed by atoms with Crippen LogP contribution in [0.2, 0.25) is 0 Å². The van der Waals surface area contributed by atoms with Crippen LogP contribution in [0.15, 0.2) is 43.0 Å². The summed E-state index contributed by atoms with van der Waals surface area (Å²) in [5, 5.41) is 3.20. The summed E-state index contributed by atoms with van der Waals surface area (Å²) in [6.45, 7) is 0.454. The largest absolute Gasteiger partial charge is 0.405 e. The van der Waals surface area contributed by atoms with Gasteiger partial charge in [-0.3, -0.25) is 9.97 Å². The zero-order valence-corrected chi connectivity index (χ0v) is 13.6. The lowest BCUT2D eigenvalue weighted by atomic mass is 10.1. The van der Waals surface area contributed by atoms with Gasteiger partial charge in [-0.05, 0) is 18.2 Å². The molecule has 1 N–H and O–H groups in total. The van der Waals surface area contributed by atoms with Crippen LogP contribution in [0.3, 0.4) is 0 Å². The minimum Gasteiger partial charge on any atom is -0.353 e. The Bertz CT molecular complexity index is 915. The first kappa shape index (κ1) is 16.6. The van der Waals surface area contributed by atoms with E-state index in [2.05, 4.69) is 25.3 Å². The van der Waals surface area contributed by atoms with Crippen LogP contribution in [0, 0.1) is 0 Å². The molecule has 9 heteroatoms. The number of halogens is 3. The Morgan fingerprint density at radius 2 is 1.81 bits per heavy atom. The van der Waals surface area contributed by atoms with E-state index in [0.29, 0.717) is 29.1 Å². The molecule has 3 aromatic rings. The topological polar surface area (TPSA) is 66.8 Å². The van der Waals surface area contributed by atoms with Gasteiger partial charge in [0.1, 0.15) is 11.9 Å². The number of rotatable bonds is 2. The highest BCUT2D eigenvalue weighted by atomic mass is 19.4. The Balaban J connectivity index is 1.81. The van der Waals surface area contributed by atoms with E-state index < -0.39 is 12.2 Å². The summed E-state index contributed by atoms with van der Waals surface area (Å²) >= 11 is 0. The number of aromatic nitrogens is 4. The van der Waals surface area contributed by atoms with Crippen molar-refractivity contribution < 1.29 is 13.2 Å². The molecule has 0 radical (unpaired) electrons. The third-order valence-electron chi connectivity index (χ3n) is 4.29. The third kappa shape index (κ3) is 3.17. The predicted octanol–water partition coefficient (Wildman–Crippen LogP) is 2.43. The highest BCUT2D eigenvalue weighted by molar-refractivity contribution is 5.90. The third-order valence-corrected chi connectivity index (χ3v) is 4.29. The zero-order chi connectivity index (χ0) is 18.1. The van der Waals surface area contributed by atoms with E-state index in [1.54, 1.807) is 47.9 Å². The van der Waals surface area contributed by atoms with Crippen LogP contribution in [-0.4, -0.2) is 51.8 Å². The average Bonchev–Trinajstić information content (AvgIpc) is 2.67. The minimum absolute atomic E-state index is 0.201. The van der Waals surface area contributed by atoms with Crippen LogP contribution in [0.5, 0.6) is 0 Å². The van der Waals surface area contributed by atoms with Gasteiger partial charge in [-0.25, -0.2) is 9.97 Å². The van der Waals surface area contributed by atoms with E-state index in [1.807, 2.05) is 0 Å². The van der Waals surface area contributed by atoms with Crippen molar-refractivity contribution in [2.45, 2.75) is 12.2 Å². The predicted molar refractivity (Wildman–Crippen MR) is 90.6 cm³/mol. The highest BCUT2D eigenvalue weighted by Crippen LogP contribution is 2.30. The summed E-state index contributed by atoms with van der Waals surface area (Å²) in [4.78, 5) is 18.8. The fourth-order valence-corrected chi connectivity index (χ4v) is 3.00. The van der Waals surface area contributed by atoms with Crippen molar-refractivity contribution in [2.24, 2.45) is 0 Å². The SMILES string of the molecule is FC(F)(F)C1CN(c2nc(-c3ccncc3)nc3cnccc23)CCN1. The molecule has 1 saturated heterocycles. The molecule has 3 aromatic heterocycles. The molecular weight excluding hydrogens is 345 g/mol. The van der Waals surface area contributed by atoms with Crippen LogP contribution >= 0.6 is 0 Å². The number of nitrogens with one attached hydrogen (secondary N) is 1. The summed E-state index contributed by atoms with van der Waals surface area (Å²) in [6.07, 6.45) is 2.11. The molecule has 1 aliphatic rings. The normalized spacial score (nSPS) is 18.3. The molecule has 0 saturated carbocycles. The van der Waals surface area contributed by atoms with Gasteiger partial charge in [-0.1, -0.05) is 0 Å². The van der Waals surface area contributed by atoms with Crippen molar-refractivity contribution in [2.75, 3.05) is 24.5 Å².